The molecule has 1 aromatic rings. The van der Waals surface area contributed by atoms with Crippen molar-refractivity contribution in [3.8, 4) is 11.8 Å². The number of ether oxygens (including phenoxy) is 1. The fraction of sp³-hybridized carbons (Fsp3) is 0.500. The van der Waals surface area contributed by atoms with Crippen molar-refractivity contribution in [2.75, 3.05) is 13.1 Å². The molecule has 1 aliphatic rings. The summed E-state index contributed by atoms with van der Waals surface area (Å²) in [5.74, 6) is 0.955. The van der Waals surface area contributed by atoms with Gasteiger partial charge in [-0.05, 0) is 63.0 Å². The molecule has 1 heterocycles. The Morgan fingerprint density at radius 1 is 1.24 bits per heavy atom. The molecule has 0 amide bonds. The molecule has 17 heavy (non-hydrogen) atoms. The van der Waals surface area contributed by atoms with Crippen LogP contribution < -0.4 is 10.1 Å². The van der Waals surface area contributed by atoms with E-state index in [1.165, 1.54) is 0 Å². The lowest BCUT2D eigenvalue weighted by molar-refractivity contribution is 0.160. The second kappa shape index (κ2) is 5.20. The SMILES string of the molecule is Cc1cc(C#N)cc(C)c1OC1CCNCC1. The molecular formula is C14H18N2O. The number of hydrogen-bond donors (Lipinski definition) is 1. The van der Waals surface area contributed by atoms with E-state index in [0.29, 0.717) is 11.7 Å². The lowest BCUT2D eigenvalue weighted by Gasteiger charge is -2.25. The quantitative estimate of drug-likeness (QED) is 0.848. The van der Waals surface area contributed by atoms with E-state index >= 15 is 0 Å². The Balaban J connectivity index is 2.18. The molecule has 3 nitrogen and oxygen atoms in total. The van der Waals surface area contributed by atoms with Crippen molar-refractivity contribution in [2.45, 2.75) is 32.8 Å². The zero-order valence-electron chi connectivity index (χ0n) is 10.4. The van der Waals surface area contributed by atoms with E-state index in [4.69, 9.17) is 10.00 Å². The standard InChI is InChI=1S/C14H18N2O/c1-10-7-12(9-15)8-11(2)14(10)17-13-3-5-16-6-4-13/h7-8,13,16H,3-6H2,1-2H3. The molecule has 90 valence electrons. The van der Waals surface area contributed by atoms with Crippen molar-refractivity contribution in [2.24, 2.45) is 0 Å². The predicted octanol–water partition coefficient (Wildman–Crippen LogP) is 2.31. The topological polar surface area (TPSA) is 45.0 Å². The molecule has 1 fully saturated rings. The summed E-state index contributed by atoms with van der Waals surface area (Å²) in [6, 6.07) is 5.96. The molecule has 1 aliphatic heterocycles. The van der Waals surface area contributed by atoms with Crippen LogP contribution in [0.1, 0.15) is 29.5 Å². The maximum atomic E-state index is 8.90. The molecular weight excluding hydrogens is 212 g/mol. The zero-order chi connectivity index (χ0) is 12.3. The molecule has 3 heteroatoms. The number of hydrogen-bond acceptors (Lipinski definition) is 3. The summed E-state index contributed by atoms with van der Waals surface area (Å²) in [6.45, 7) is 6.06. The van der Waals surface area contributed by atoms with Crippen LogP contribution in [0.2, 0.25) is 0 Å². The van der Waals surface area contributed by atoms with E-state index in [1.54, 1.807) is 0 Å². The number of nitrogens with zero attached hydrogens (tertiary/aromatic N) is 1. The molecule has 1 aromatic carbocycles. The van der Waals surface area contributed by atoms with Crippen molar-refractivity contribution < 1.29 is 4.74 Å². The van der Waals surface area contributed by atoms with E-state index in [1.807, 2.05) is 26.0 Å². The maximum Gasteiger partial charge on any atom is 0.125 e. The fourth-order valence-corrected chi connectivity index (χ4v) is 2.28. The number of rotatable bonds is 2. The third-order valence-electron chi connectivity index (χ3n) is 3.16. The van der Waals surface area contributed by atoms with Crippen LogP contribution in [0, 0.1) is 25.2 Å². The van der Waals surface area contributed by atoms with Crippen LogP contribution in [0.5, 0.6) is 5.75 Å². The third kappa shape index (κ3) is 2.78. The van der Waals surface area contributed by atoms with E-state index < -0.39 is 0 Å². The summed E-state index contributed by atoms with van der Waals surface area (Å²) in [5, 5.41) is 12.2. The number of benzene rings is 1. The van der Waals surface area contributed by atoms with Gasteiger partial charge in [0.2, 0.25) is 0 Å². The highest BCUT2D eigenvalue weighted by Gasteiger charge is 2.16. The van der Waals surface area contributed by atoms with Gasteiger partial charge in [-0.2, -0.15) is 5.26 Å². The summed E-state index contributed by atoms with van der Waals surface area (Å²) >= 11 is 0. The van der Waals surface area contributed by atoms with Crippen LogP contribution in [-0.4, -0.2) is 19.2 Å². The van der Waals surface area contributed by atoms with Crippen molar-refractivity contribution in [3.63, 3.8) is 0 Å². The first-order valence-electron chi connectivity index (χ1n) is 6.09. The summed E-state index contributed by atoms with van der Waals surface area (Å²) < 4.78 is 6.07. The molecule has 1 N–H and O–H groups in total. The van der Waals surface area contributed by atoms with Gasteiger partial charge in [-0.3, -0.25) is 0 Å². The normalized spacial score (nSPS) is 16.5. The van der Waals surface area contributed by atoms with Gasteiger partial charge < -0.3 is 10.1 Å². The van der Waals surface area contributed by atoms with Crippen LogP contribution in [0.15, 0.2) is 12.1 Å². The molecule has 0 saturated carbocycles. The highest BCUT2D eigenvalue weighted by atomic mass is 16.5. The second-order valence-electron chi connectivity index (χ2n) is 4.62. The highest BCUT2D eigenvalue weighted by Crippen LogP contribution is 2.27. The Hall–Kier alpha value is -1.53. The molecule has 2 rings (SSSR count). The van der Waals surface area contributed by atoms with E-state index in [-0.39, 0.29) is 0 Å². The van der Waals surface area contributed by atoms with Crippen molar-refractivity contribution >= 4 is 0 Å². The van der Waals surface area contributed by atoms with Crippen molar-refractivity contribution in [3.05, 3.63) is 28.8 Å². The number of nitriles is 1. The van der Waals surface area contributed by atoms with Crippen LogP contribution in [0.3, 0.4) is 0 Å². The summed E-state index contributed by atoms with van der Waals surface area (Å²) in [7, 11) is 0. The van der Waals surface area contributed by atoms with Crippen LogP contribution in [0.4, 0.5) is 0 Å². The Kier molecular flexibility index (Phi) is 3.65. The average molecular weight is 230 g/mol. The van der Waals surface area contributed by atoms with Crippen LogP contribution in [0.25, 0.3) is 0 Å². The zero-order valence-corrected chi connectivity index (χ0v) is 10.4. The smallest absolute Gasteiger partial charge is 0.125 e. The largest absolute Gasteiger partial charge is 0.490 e. The van der Waals surface area contributed by atoms with Gasteiger partial charge in [0.05, 0.1) is 11.6 Å². The molecule has 0 aliphatic carbocycles. The van der Waals surface area contributed by atoms with E-state index in [9.17, 15) is 0 Å². The Morgan fingerprint density at radius 2 is 1.82 bits per heavy atom. The summed E-state index contributed by atoms with van der Waals surface area (Å²) in [5.41, 5.74) is 2.82. The van der Waals surface area contributed by atoms with Gasteiger partial charge in [-0.25, -0.2) is 0 Å². The molecule has 0 aromatic heterocycles. The molecule has 0 bridgehead atoms. The van der Waals surface area contributed by atoms with Crippen molar-refractivity contribution in [1.29, 1.82) is 5.26 Å². The minimum Gasteiger partial charge on any atom is -0.490 e. The van der Waals surface area contributed by atoms with Crippen LogP contribution in [-0.2, 0) is 0 Å². The first-order valence-corrected chi connectivity index (χ1v) is 6.09. The highest BCUT2D eigenvalue weighted by molar-refractivity contribution is 5.47. The van der Waals surface area contributed by atoms with E-state index in [0.717, 1.165) is 42.8 Å². The number of aryl methyl sites for hydroxylation is 2. The molecule has 0 atom stereocenters. The van der Waals surface area contributed by atoms with E-state index in [2.05, 4.69) is 11.4 Å². The Morgan fingerprint density at radius 3 is 2.35 bits per heavy atom. The van der Waals surface area contributed by atoms with Gasteiger partial charge in [-0.15, -0.1) is 0 Å². The Bertz CT molecular complexity index is 419. The molecule has 0 unspecified atom stereocenters. The third-order valence-corrected chi connectivity index (χ3v) is 3.16. The minimum absolute atomic E-state index is 0.307. The molecule has 1 saturated heterocycles. The van der Waals surface area contributed by atoms with Gasteiger partial charge in [-0.1, -0.05) is 0 Å². The van der Waals surface area contributed by atoms with Gasteiger partial charge in [0, 0.05) is 0 Å². The number of piperidine rings is 1. The Labute approximate surface area is 102 Å². The van der Waals surface area contributed by atoms with Gasteiger partial charge in [0.15, 0.2) is 0 Å². The average Bonchev–Trinajstić information content (AvgIpc) is 2.35. The maximum absolute atomic E-state index is 8.90. The van der Waals surface area contributed by atoms with Gasteiger partial charge in [0.1, 0.15) is 11.9 Å². The van der Waals surface area contributed by atoms with Gasteiger partial charge >= 0.3 is 0 Å². The lowest BCUT2D eigenvalue weighted by Crippen LogP contribution is -2.34. The van der Waals surface area contributed by atoms with Gasteiger partial charge in [0.25, 0.3) is 0 Å². The predicted molar refractivity (Wildman–Crippen MR) is 67.2 cm³/mol. The monoisotopic (exact) mass is 230 g/mol. The summed E-state index contributed by atoms with van der Waals surface area (Å²) in [4.78, 5) is 0. The number of nitrogens with one attached hydrogen (secondary N) is 1. The molecule has 0 spiro atoms. The summed E-state index contributed by atoms with van der Waals surface area (Å²) in [6.07, 6.45) is 2.42. The lowest BCUT2D eigenvalue weighted by atomic mass is 10.1. The van der Waals surface area contributed by atoms with Crippen molar-refractivity contribution in [1.82, 2.24) is 5.32 Å². The van der Waals surface area contributed by atoms with Crippen LogP contribution >= 0.6 is 0 Å². The first-order chi connectivity index (χ1) is 8.20. The minimum atomic E-state index is 0.307. The fourth-order valence-electron chi connectivity index (χ4n) is 2.28. The first kappa shape index (κ1) is 11.9. The second-order valence-corrected chi connectivity index (χ2v) is 4.62. The molecule has 0 radical (unpaired) electrons.